The zero-order chi connectivity index (χ0) is 22.4. The summed E-state index contributed by atoms with van der Waals surface area (Å²) in [4.78, 5) is 38.5. The number of hydrogen-bond donors (Lipinski definition) is 1. The maximum atomic E-state index is 13.3. The summed E-state index contributed by atoms with van der Waals surface area (Å²) in [6.07, 6.45) is 3.21. The van der Waals surface area contributed by atoms with Crippen LogP contribution in [-0.4, -0.2) is 38.4 Å². The lowest BCUT2D eigenvalue weighted by Crippen LogP contribution is -2.28. The van der Waals surface area contributed by atoms with Crippen LogP contribution in [0.15, 0.2) is 12.4 Å². The lowest BCUT2D eigenvalue weighted by Gasteiger charge is -2.17. The molecule has 3 aromatic rings. The van der Waals surface area contributed by atoms with Crippen molar-refractivity contribution in [2.24, 2.45) is 5.41 Å². The molecule has 1 N–H and O–H groups in total. The molecule has 0 atom stereocenters. The van der Waals surface area contributed by atoms with E-state index in [2.05, 4.69) is 42.9 Å². The summed E-state index contributed by atoms with van der Waals surface area (Å²) >= 11 is 8.43. The van der Waals surface area contributed by atoms with E-state index in [4.69, 9.17) is 16.3 Å². The van der Waals surface area contributed by atoms with Crippen LogP contribution in [0.25, 0.3) is 11.0 Å². The molecule has 0 fully saturated rings. The summed E-state index contributed by atoms with van der Waals surface area (Å²) in [6, 6.07) is 0. The minimum absolute atomic E-state index is 0.0298. The van der Waals surface area contributed by atoms with Crippen molar-refractivity contribution < 1.29 is 14.3 Å². The molecule has 0 aliphatic heterocycles. The molecule has 30 heavy (non-hydrogen) atoms. The Hall–Kier alpha value is -2.27. The topological polar surface area (TPSA) is 99.0 Å². The lowest BCUT2D eigenvalue weighted by atomic mass is 9.96. The first kappa shape index (κ1) is 22.4. The fourth-order valence-electron chi connectivity index (χ4n) is 2.90. The van der Waals surface area contributed by atoms with Crippen LogP contribution in [0.4, 0.5) is 5.95 Å². The Morgan fingerprint density at radius 2 is 1.90 bits per heavy atom. The Balaban J connectivity index is 2.15. The Bertz CT molecular complexity index is 1180. The number of carbonyl (C=O) groups is 2. The van der Waals surface area contributed by atoms with E-state index < -0.39 is 5.41 Å². The standard InChI is InChI=1S/C20H21ClIN5O3/c1-9-7-23-13(10(2)14(9)30-6)17(28)27-8-11(22)12-15(21)24-19(25-16(12)27)26-18(29)20(3,4)5/h7-8H,1-6H3,(H,24,25,26,29). The van der Waals surface area contributed by atoms with Crippen molar-refractivity contribution in [3.05, 3.63) is 37.9 Å². The van der Waals surface area contributed by atoms with Gasteiger partial charge in [-0.05, 0) is 36.4 Å². The zero-order valence-electron chi connectivity index (χ0n) is 17.4. The van der Waals surface area contributed by atoms with Crippen LogP contribution < -0.4 is 10.1 Å². The van der Waals surface area contributed by atoms with Gasteiger partial charge in [0, 0.05) is 32.5 Å². The maximum Gasteiger partial charge on any atom is 0.282 e. The fraction of sp³-hybridized carbons (Fsp3) is 0.350. The average molecular weight is 542 g/mol. The molecule has 158 valence electrons. The van der Waals surface area contributed by atoms with Gasteiger partial charge < -0.3 is 4.74 Å². The predicted molar refractivity (Wildman–Crippen MR) is 123 cm³/mol. The molecule has 0 saturated carbocycles. The highest BCUT2D eigenvalue weighted by Crippen LogP contribution is 2.31. The third-order valence-electron chi connectivity index (χ3n) is 4.53. The first-order chi connectivity index (χ1) is 14.0. The molecular formula is C20H21ClIN5O3. The molecule has 10 heteroatoms. The van der Waals surface area contributed by atoms with Gasteiger partial charge in [-0.15, -0.1) is 0 Å². The van der Waals surface area contributed by atoms with Crippen LogP contribution in [0, 0.1) is 22.8 Å². The number of halogens is 2. The van der Waals surface area contributed by atoms with Crippen molar-refractivity contribution in [1.29, 1.82) is 0 Å². The number of carbonyl (C=O) groups excluding carboxylic acids is 2. The van der Waals surface area contributed by atoms with Crippen LogP contribution in [-0.2, 0) is 4.79 Å². The van der Waals surface area contributed by atoms with Crippen LogP contribution >= 0.6 is 34.2 Å². The molecule has 3 aromatic heterocycles. The summed E-state index contributed by atoms with van der Waals surface area (Å²) in [6.45, 7) is 8.96. The summed E-state index contributed by atoms with van der Waals surface area (Å²) in [5, 5.41) is 3.33. The number of aromatic nitrogens is 4. The van der Waals surface area contributed by atoms with E-state index in [0.29, 0.717) is 20.3 Å². The molecule has 0 aliphatic rings. The second-order valence-corrected chi connectivity index (χ2v) is 9.36. The van der Waals surface area contributed by atoms with Gasteiger partial charge in [0.05, 0.1) is 12.5 Å². The number of methoxy groups -OCH3 is 1. The molecule has 3 rings (SSSR count). The van der Waals surface area contributed by atoms with Gasteiger partial charge in [0.1, 0.15) is 16.6 Å². The van der Waals surface area contributed by atoms with Crippen molar-refractivity contribution >= 4 is 63.0 Å². The van der Waals surface area contributed by atoms with Crippen LogP contribution in [0.1, 0.15) is 42.4 Å². The monoisotopic (exact) mass is 541 g/mol. The van der Waals surface area contributed by atoms with E-state index in [1.165, 1.54) is 4.57 Å². The van der Waals surface area contributed by atoms with Crippen molar-refractivity contribution in [2.75, 3.05) is 12.4 Å². The van der Waals surface area contributed by atoms with Crippen LogP contribution in [0.2, 0.25) is 5.15 Å². The Morgan fingerprint density at radius 1 is 1.23 bits per heavy atom. The van der Waals surface area contributed by atoms with Gasteiger partial charge in [-0.25, -0.2) is 0 Å². The predicted octanol–water partition coefficient (Wildman–Crippen LogP) is 4.38. The maximum absolute atomic E-state index is 13.3. The Kier molecular flexibility index (Phi) is 6.06. The number of aryl methyl sites for hydroxylation is 1. The van der Waals surface area contributed by atoms with Gasteiger partial charge in [0.25, 0.3) is 5.91 Å². The number of ether oxygens (including phenoxy) is 1. The molecule has 0 aliphatic carbocycles. The summed E-state index contributed by atoms with van der Waals surface area (Å²) in [7, 11) is 1.55. The van der Waals surface area contributed by atoms with Crippen LogP contribution in [0.3, 0.4) is 0 Å². The number of hydrogen-bond acceptors (Lipinski definition) is 6. The molecule has 8 nitrogen and oxygen atoms in total. The zero-order valence-corrected chi connectivity index (χ0v) is 20.3. The number of fused-ring (bicyclic) bond motifs is 1. The third-order valence-corrected chi connectivity index (χ3v) is 5.62. The molecule has 0 saturated heterocycles. The van der Waals surface area contributed by atoms with E-state index in [-0.39, 0.29) is 34.3 Å². The minimum Gasteiger partial charge on any atom is -0.496 e. The molecule has 0 unspecified atom stereocenters. The van der Waals surface area contributed by atoms with Crippen LogP contribution in [0.5, 0.6) is 5.75 Å². The highest BCUT2D eigenvalue weighted by molar-refractivity contribution is 14.1. The number of amides is 1. The van der Waals surface area contributed by atoms with Gasteiger partial charge >= 0.3 is 0 Å². The minimum atomic E-state index is -0.642. The number of pyridine rings is 1. The summed E-state index contributed by atoms with van der Waals surface area (Å²) in [5.74, 6) is -0.0214. The second kappa shape index (κ2) is 8.10. The van der Waals surface area contributed by atoms with E-state index >= 15 is 0 Å². The molecule has 0 spiro atoms. The first-order valence-electron chi connectivity index (χ1n) is 9.06. The molecular weight excluding hydrogens is 521 g/mol. The van der Waals surface area contributed by atoms with Gasteiger partial charge in [-0.2, -0.15) is 9.97 Å². The largest absolute Gasteiger partial charge is 0.496 e. The molecule has 3 heterocycles. The number of rotatable bonds is 3. The van der Waals surface area contributed by atoms with Crippen molar-refractivity contribution in [1.82, 2.24) is 19.5 Å². The SMILES string of the molecule is COc1c(C)cnc(C(=O)n2cc(I)c3c(Cl)nc(NC(=O)C(C)(C)C)nc32)c1C. The number of anilines is 1. The van der Waals surface area contributed by atoms with E-state index in [0.717, 1.165) is 5.56 Å². The number of nitrogens with one attached hydrogen (secondary N) is 1. The molecule has 1 amide bonds. The quantitative estimate of drug-likeness (QED) is 0.390. The normalized spacial score (nSPS) is 11.6. The van der Waals surface area contributed by atoms with Crippen molar-refractivity contribution in [3.8, 4) is 5.75 Å². The smallest absolute Gasteiger partial charge is 0.282 e. The Labute approximate surface area is 192 Å². The van der Waals surface area contributed by atoms with Gasteiger partial charge in [0.2, 0.25) is 11.9 Å². The van der Waals surface area contributed by atoms with Gasteiger partial charge in [0.15, 0.2) is 5.65 Å². The molecule has 0 bridgehead atoms. The second-order valence-electron chi connectivity index (χ2n) is 7.84. The average Bonchev–Trinajstić information content (AvgIpc) is 2.98. The highest BCUT2D eigenvalue weighted by Gasteiger charge is 2.25. The van der Waals surface area contributed by atoms with Gasteiger partial charge in [-0.3, -0.25) is 24.5 Å². The molecule has 0 radical (unpaired) electrons. The van der Waals surface area contributed by atoms with Gasteiger partial charge in [-0.1, -0.05) is 32.4 Å². The third kappa shape index (κ3) is 4.00. The highest BCUT2D eigenvalue weighted by atomic mass is 127. The fourth-order valence-corrected chi connectivity index (χ4v) is 4.11. The van der Waals surface area contributed by atoms with E-state index in [9.17, 15) is 9.59 Å². The summed E-state index contributed by atoms with van der Waals surface area (Å²) in [5.41, 5.74) is 1.34. The summed E-state index contributed by atoms with van der Waals surface area (Å²) < 4.78 is 7.47. The first-order valence-corrected chi connectivity index (χ1v) is 10.5. The number of nitrogens with zero attached hydrogens (tertiary/aromatic N) is 4. The molecule has 0 aromatic carbocycles. The Morgan fingerprint density at radius 3 is 2.50 bits per heavy atom. The van der Waals surface area contributed by atoms with Crippen molar-refractivity contribution in [2.45, 2.75) is 34.6 Å². The lowest BCUT2D eigenvalue weighted by molar-refractivity contribution is -0.123. The van der Waals surface area contributed by atoms with Crippen molar-refractivity contribution in [3.63, 3.8) is 0 Å². The van der Waals surface area contributed by atoms with E-state index in [1.54, 1.807) is 47.2 Å². The van der Waals surface area contributed by atoms with E-state index in [1.807, 2.05) is 6.92 Å².